The Hall–Kier alpha value is -3.07. The molecular formula is C15H13ClFN7O. The van der Waals surface area contributed by atoms with Crippen LogP contribution in [0.1, 0.15) is 6.92 Å². The molecule has 2 heterocycles. The zero-order valence-corrected chi connectivity index (χ0v) is 13.8. The number of primary amides is 1. The summed E-state index contributed by atoms with van der Waals surface area (Å²) in [6.45, 7) is 1.59. The van der Waals surface area contributed by atoms with Crippen LogP contribution in [0.15, 0.2) is 30.7 Å². The van der Waals surface area contributed by atoms with Crippen molar-refractivity contribution in [2.45, 2.75) is 13.0 Å². The predicted octanol–water partition coefficient (Wildman–Crippen LogP) is 2.24. The van der Waals surface area contributed by atoms with E-state index in [1.807, 2.05) is 0 Å². The van der Waals surface area contributed by atoms with Crippen LogP contribution in [0, 0.1) is 5.82 Å². The van der Waals surface area contributed by atoms with Gasteiger partial charge in [0, 0.05) is 5.69 Å². The minimum atomic E-state index is -0.644. The summed E-state index contributed by atoms with van der Waals surface area (Å²) < 4.78 is 13.3. The van der Waals surface area contributed by atoms with Crippen LogP contribution in [0.4, 0.5) is 21.8 Å². The highest BCUT2D eigenvalue weighted by atomic mass is 35.5. The third-order valence-corrected chi connectivity index (χ3v) is 3.62. The molecule has 10 heteroatoms. The van der Waals surface area contributed by atoms with Crippen LogP contribution < -0.4 is 16.4 Å². The number of nitrogens with zero attached hydrogens (tertiary/aromatic N) is 4. The Morgan fingerprint density at radius 3 is 2.84 bits per heavy atom. The average Bonchev–Trinajstić information content (AvgIpc) is 2.58. The number of carbonyl (C=O) groups is 1. The number of benzene rings is 1. The van der Waals surface area contributed by atoms with E-state index in [9.17, 15) is 9.18 Å². The molecule has 0 spiro atoms. The second-order valence-electron chi connectivity index (χ2n) is 5.17. The first-order valence-corrected chi connectivity index (χ1v) is 7.57. The molecule has 0 saturated heterocycles. The lowest BCUT2D eigenvalue weighted by Crippen LogP contribution is -2.33. The van der Waals surface area contributed by atoms with Gasteiger partial charge in [-0.2, -0.15) is 0 Å². The monoisotopic (exact) mass is 361 g/mol. The Morgan fingerprint density at radius 2 is 2.12 bits per heavy atom. The quantitative estimate of drug-likeness (QED) is 0.637. The zero-order valence-electron chi connectivity index (χ0n) is 13.0. The molecular weight excluding hydrogens is 349 g/mol. The minimum Gasteiger partial charge on any atom is -0.368 e. The van der Waals surface area contributed by atoms with Gasteiger partial charge >= 0.3 is 0 Å². The van der Waals surface area contributed by atoms with E-state index in [0.717, 1.165) is 0 Å². The van der Waals surface area contributed by atoms with Gasteiger partial charge in [-0.15, -0.1) is 0 Å². The van der Waals surface area contributed by atoms with Crippen molar-refractivity contribution >= 4 is 46.0 Å². The number of fused-ring (bicyclic) bond motifs is 1. The molecule has 0 radical (unpaired) electrons. The van der Waals surface area contributed by atoms with Gasteiger partial charge in [-0.05, 0) is 25.1 Å². The fourth-order valence-electron chi connectivity index (χ4n) is 1.99. The molecule has 25 heavy (non-hydrogen) atoms. The molecule has 0 aliphatic rings. The van der Waals surface area contributed by atoms with Crippen LogP contribution in [-0.4, -0.2) is 31.9 Å². The molecule has 2 aromatic heterocycles. The number of hydrogen-bond donors (Lipinski definition) is 3. The van der Waals surface area contributed by atoms with Crippen LogP contribution in [0.3, 0.4) is 0 Å². The van der Waals surface area contributed by atoms with Crippen molar-refractivity contribution in [1.29, 1.82) is 0 Å². The molecule has 128 valence electrons. The topological polar surface area (TPSA) is 119 Å². The highest BCUT2D eigenvalue weighted by molar-refractivity contribution is 6.31. The summed E-state index contributed by atoms with van der Waals surface area (Å²) in [6.07, 6.45) is 2.83. The van der Waals surface area contributed by atoms with Gasteiger partial charge in [0.1, 0.15) is 29.2 Å². The standard InChI is InChI=1S/C15H13ClFN7O/c1-7(13(18)25)22-15-19-5-11-12(24-15)14(21-6-20-11)23-8-2-3-10(17)9(16)4-8/h2-7H,1H3,(H2,18,25)(H,19,22,24)(H,20,21,23). The van der Waals surface area contributed by atoms with Crippen molar-refractivity contribution in [3.8, 4) is 0 Å². The van der Waals surface area contributed by atoms with Crippen molar-refractivity contribution in [3.05, 3.63) is 41.6 Å². The largest absolute Gasteiger partial charge is 0.368 e. The SMILES string of the molecule is CC(Nc1ncc2ncnc(Nc3ccc(F)c(Cl)c3)c2n1)C(N)=O. The van der Waals surface area contributed by atoms with E-state index in [4.69, 9.17) is 17.3 Å². The molecule has 1 atom stereocenters. The van der Waals surface area contributed by atoms with Crippen LogP contribution in [-0.2, 0) is 4.79 Å². The lowest BCUT2D eigenvalue weighted by atomic mass is 10.3. The van der Waals surface area contributed by atoms with Crippen LogP contribution in [0.2, 0.25) is 5.02 Å². The van der Waals surface area contributed by atoms with E-state index in [1.165, 1.54) is 30.7 Å². The van der Waals surface area contributed by atoms with Crippen molar-refractivity contribution in [1.82, 2.24) is 19.9 Å². The van der Waals surface area contributed by atoms with Gasteiger partial charge < -0.3 is 16.4 Å². The van der Waals surface area contributed by atoms with E-state index in [1.54, 1.807) is 6.92 Å². The Morgan fingerprint density at radius 1 is 1.32 bits per heavy atom. The molecule has 0 saturated carbocycles. The molecule has 0 bridgehead atoms. The molecule has 4 N–H and O–H groups in total. The molecule has 0 fully saturated rings. The Bertz CT molecular complexity index is 952. The summed E-state index contributed by atoms with van der Waals surface area (Å²) in [5, 5.41) is 5.78. The third kappa shape index (κ3) is 3.72. The van der Waals surface area contributed by atoms with Gasteiger partial charge in [0.05, 0.1) is 11.2 Å². The van der Waals surface area contributed by atoms with Crippen LogP contribution in [0.5, 0.6) is 0 Å². The predicted molar refractivity (Wildman–Crippen MR) is 92.1 cm³/mol. The van der Waals surface area contributed by atoms with Crippen molar-refractivity contribution in [3.63, 3.8) is 0 Å². The normalized spacial score (nSPS) is 12.0. The third-order valence-electron chi connectivity index (χ3n) is 3.33. The number of carbonyl (C=O) groups excluding carboxylic acids is 1. The maximum absolute atomic E-state index is 13.3. The van der Waals surface area contributed by atoms with Crippen molar-refractivity contribution < 1.29 is 9.18 Å². The summed E-state index contributed by atoms with van der Waals surface area (Å²) >= 11 is 5.78. The summed E-state index contributed by atoms with van der Waals surface area (Å²) in [7, 11) is 0. The highest BCUT2D eigenvalue weighted by Crippen LogP contribution is 2.25. The Balaban J connectivity index is 1.96. The summed E-state index contributed by atoms with van der Waals surface area (Å²) in [6, 6.07) is 3.55. The number of halogens is 2. The molecule has 3 aromatic rings. The number of amides is 1. The molecule has 1 unspecified atom stereocenters. The van der Waals surface area contributed by atoms with Crippen LogP contribution in [0.25, 0.3) is 11.0 Å². The second kappa shape index (κ2) is 6.81. The zero-order chi connectivity index (χ0) is 18.0. The van der Waals surface area contributed by atoms with Gasteiger partial charge in [0.25, 0.3) is 0 Å². The van der Waals surface area contributed by atoms with Gasteiger partial charge in [-0.25, -0.2) is 24.3 Å². The summed E-state index contributed by atoms with van der Waals surface area (Å²) in [5.74, 6) is -0.472. The molecule has 1 amide bonds. The van der Waals surface area contributed by atoms with Gasteiger partial charge in [-0.1, -0.05) is 11.6 Å². The highest BCUT2D eigenvalue weighted by Gasteiger charge is 2.13. The molecule has 0 aliphatic carbocycles. The summed E-state index contributed by atoms with van der Waals surface area (Å²) in [4.78, 5) is 27.8. The van der Waals surface area contributed by atoms with E-state index < -0.39 is 17.8 Å². The second-order valence-corrected chi connectivity index (χ2v) is 5.58. The fraction of sp³-hybridized carbons (Fsp3) is 0.133. The lowest BCUT2D eigenvalue weighted by molar-refractivity contribution is -0.118. The van der Waals surface area contributed by atoms with Crippen molar-refractivity contribution in [2.75, 3.05) is 10.6 Å². The Kier molecular flexibility index (Phi) is 4.57. The molecule has 1 aromatic carbocycles. The van der Waals surface area contributed by atoms with E-state index in [0.29, 0.717) is 22.5 Å². The fourth-order valence-corrected chi connectivity index (χ4v) is 2.17. The number of nitrogens with one attached hydrogen (secondary N) is 2. The van der Waals surface area contributed by atoms with Crippen molar-refractivity contribution in [2.24, 2.45) is 5.73 Å². The maximum Gasteiger partial charge on any atom is 0.239 e. The average molecular weight is 362 g/mol. The number of nitrogens with two attached hydrogens (primary N) is 1. The number of aromatic nitrogens is 4. The van der Waals surface area contributed by atoms with Gasteiger partial charge in [0.2, 0.25) is 11.9 Å². The van der Waals surface area contributed by atoms with E-state index >= 15 is 0 Å². The minimum absolute atomic E-state index is 0.0179. The lowest BCUT2D eigenvalue weighted by Gasteiger charge is -2.12. The first-order valence-electron chi connectivity index (χ1n) is 7.19. The number of rotatable bonds is 5. The molecule has 3 rings (SSSR count). The maximum atomic E-state index is 13.3. The molecule has 0 aliphatic heterocycles. The first kappa shape index (κ1) is 16.8. The number of hydrogen-bond acceptors (Lipinski definition) is 7. The van der Waals surface area contributed by atoms with E-state index in [-0.39, 0.29) is 11.0 Å². The van der Waals surface area contributed by atoms with Crippen LogP contribution >= 0.6 is 11.6 Å². The summed E-state index contributed by atoms with van der Waals surface area (Å²) in [5.41, 5.74) is 6.65. The molecule has 8 nitrogen and oxygen atoms in total. The van der Waals surface area contributed by atoms with Gasteiger partial charge in [-0.3, -0.25) is 4.79 Å². The van der Waals surface area contributed by atoms with Gasteiger partial charge in [0.15, 0.2) is 5.82 Å². The van der Waals surface area contributed by atoms with E-state index in [2.05, 4.69) is 30.6 Å². The first-order chi connectivity index (χ1) is 11.9. The number of anilines is 3. The Labute approximate surface area is 146 Å². The smallest absolute Gasteiger partial charge is 0.239 e.